The van der Waals surface area contributed by atoms with Gasteiger partial charge >= 0.3 is 0 Å². The number of nitrogens with zero attached hydrogens (tertiary/aromatic N) is 1. The van der Waals surface area contributed by atoms with Crippen LogP contribution in [-0.2, 0) is 4.74 Å². The van der Waals surface area contributed by atoms with Crippen molar-refractivity contribution in [1.29, 1.82) is 0 Å². The number of nitrogens with one attached hydrogen (secondary N) is 1. The second-order valence-electron chi connectivity index (χ2n) is 4.84. The van der Waals surface area contributed by atoms with Gasteiger partial charge in [0.05, 0.1) is 6.10 Å². The summed E-state index contributed by atoms with van der Waals surface area (Å²) in [4.78, 5) is 2.54. The van der Waals surface area contributed by atoms with Crippen molar-refractivity contribution in [3.8, 4) is 0 Å². The summed E-state index contributed by atoms with van der Waals surface area (Å²) in [6.45, 7) is 9.25. The molecule has 0 aromatic heterocycles. The van der Waals surface area contributed by atoms with E-state index in [2.05, 4.69) is 17.1 Å². The van der Waals surface area contributed by atoms with Crippen LogP contribution >= 0.6 is 0 Å². The van der Waals surface area contributed by atoms with Crippen LogP contribution in [0.4, 0.5) is 0 Å². The van der Waals surface area contributed by atoms with Gasteiger partial charge in [0.25, 0.3) is 0 Å². The van der Waals surface area contributed by atoms with Gasteiger partial charge in [-0.1, -0.05) is 6.92 Å². The Hall–Kier alpha value is -0.120. The van der Waals surface area contributed by atoms with E-state index in [9.17, 15) is 0 Å². The Labute approximate surface area is 93.2 Å². The summed E-state index contributed by atoms with van der Waals surface area (Å²) in [5.74, 6) is 0.867. The average molecular weight is 212 g/mol. The Morgan fingerprint density at radius 1 is 1.33 bits per heavy atom. The Bertz CT molecular complexity index is 180. The van der Waals surface area contributed by atoms with Gasteiger partial charge in [0, 0.05) is 19.7 Å². The zero-order valence-electron chi connectivity index (χ0n) is 9.87. The van der Waals surface area contributed by atoms with E-state index < -0.39 is 0 Å². The van der Waals surface area contributed by atoms with Crippen molar-refractivity contribution in [2.24, 2.45) is 5.92 Å². The van der Waals surface area contributed by atoms with E-state index in [1.165, 1.54) is 45.4 Å². The number of ether oxygens (including phenoxy) is 1. The molecule has 0 aromatic rings. The predicted octanol–water partition coefficient (Wildman–Crippen LogP) is 1.10. The van der Waals surface area contributed by atoms with Gasteiger partial charge in [-0.25, -0.2) is 0 Å². The lowest BCUT2D eigenvalue weighted by atomic mass is 10.1. The molecule has 2 saturated heterocycles. The van der Waals surface area contributed by atoms with Crippen molar-refractivity contribution in [2.45, 2.75) is 32.3 Å². The molecular formula is C12H24N2O. The van der Waals surface area contributed by atoms with Gasteiger partial charge in [0.2, 0.25) is 0 Å². The largest absolute Gasteiger partial charge is 0.377 e. The van der Waals surface area contributed by atoms with Crippen LogP contribution in [0.15, 0.2) is 0 Å². The molecule has 88 valence electrons. The van der Waals surface area contributed by atoms with Crippen LogP contribution < -0.4 is 5.32 Å². The lowest BCUT2D eigenvalue weighted by Gasteiger charge is -2.15. The zero-order chi connectivity index (χ0) is 10.5. The summed E-state index contributed by atoms with van der Waals surface area (Å²) < 4.78 is 5.59. The first-order valence-electron chi connectivity index (χ1n) is 6.43. The molecule has 0 radical (unpaired) electrons. The topological polar surface area (TPSA) is 24.5 Å². The second kappa shape index (κ2) is 5.83. The number of rotatable bonds is 5. The normalized spacial score (nSPS) is 32.6. The van der Waals surface area contributed by atoms with E-state index in [-0.39, 0.29) is 0 Å². The maximum absolute atomic E-state index is 5.59. The molecule has 0 aliphatic carbocycles. The molecule has 0 amide bonds. The molecule has 3 nitrogen and oxygen atoms in total. The minimum atomic E-state index is 0.494. The minimum Gasteiger partial charge on any atom is -0.377 e. The summed E-state index contributed by atoms with van der Waals surface area (Å²) in [7, 11) is 0. The Morgan fingerprint density at radius 2 is 2.27 bits per heavy atom. The average Bonchev–Trinajstić information content (AvgIpc) is 2.88. The Balaban J connectivity index is 1.54. The van der Waals surface area contributed by atoms with Crippen molar-refractivity contribution in [1.82, 2.24) is 10.2 Å². The van der Waals surface area contributed by atoms with Crippen molar-refractivity contribution >= 4 is 0 Å². The molecule has 0 saturated carbocycles. The van der Waals surface area contributed by atoms with Crippen molar-refractivity contribution in [3.05, 3.63) is 0 Å². The van der Waals surface area contributed by atoms with Crippen LogP contribution in [0.2, 0.25) is 0 Å². The highest BCUT2D eigenvalue weighted by atomic mass is 16.5. The molecule has 2 aliphatic rings. The van der Waals surface area contributed by atoms with Crippen molar-refractivity contribution < 1.29 is 4.74 Å². The van der Waals surface area contributed by atoms with E-state index in [1.54, 1.807) is 0 Å². The monoisotopic (exact) mass is 212 g/mol. The van der Waals surface area contributed by atoms with Gasteiger partial charge in [-0.3, -0.25) is 0 Å². The third kappa shape index (κ3) is 3.44. The van der Waals surface area contributed by atoms with Crippen LogP contribution in [0.1, 0.15) is 26.2 Å². The fourth-order valence-electron chi connectivity index (χ4n) is 2.62. The maximum atomic E-state index is 5.59. The van der Waals surface area contributed by atoms with Gasteiger partial charge in [0.1, 0.15) is 0 Å². The van der Waals surface area contributed by atoms with Gasteiger partial charge in [-0.2, -0.15) is 0 Å². The Kier molecular flexibility index (Phi) is 4.42. The first-order chi connectivity index (χ1) is 7.38. The molecule has 2 atom stereocenters. The van der Waals surface area contributed by atoms with E-state index >= 15 is 0 Å². The SMILES string of the molecule is CCN1CCC(CNCC2CCCO2)C1. The molecule has 15 heavy (non-hydrogen) atoms. The van der Waals surface area contributed by atoms with Crippen LogP contribution in [0.5, 0.6) is 0 Å². The van der Waals surface area contributed by atoms with Gasteiger partial charge in [-0.05, 0) is 44.8 Å². The fraction of sp³-hybridized carbons (Fsp3) is 1.00. The molecule has 2 aliphatic heterocycles. The van der Waals surface area contributed by atoms with Crippen LogP contribution in [0, 0.1) is 5.92 Å². The lowest BCUT2D eigenvalue weighted by Crippen LogP contribution is -2.31. The van der Waals surface area contributed by atoms with Gasteiger partial charge in [-0.15, -0.1) is 0 Å². The van der Waals surface area contributed by atoms with Gasteiger partial charge < -0.3 is 15.0 Å². The van der Waals surface area contributed by atoms with E-state index in [1.807, 2.05) is 0 Å². The second-order valence-corrected chi connectivity index (χ2v) is 4.84. The molecule has 0 spiro atoms. The summed E-state index contributed by atoms with van der Waals surface area (Å²) in [5, 5.41) is 3.56. The first kappa shape index (κ1) is 11.4. The third-order valence-electron chi connectivity index (χ3n) is 3.65. The highest BCUT2D eigenvalue weighted by molar-refractivity contribution is 4.77. The molecule has 2 fully saturated rings. The summed E-state index contributed by atoms with van der Waals surface area (Å²) in [5.41, 5.74) is 0. The number of hydrogen-bond acceptors (Lipinski definition) is 3. The molecule has 1 N–H and O–H groups in total. The molecule has 2 unspecified atom stereocenters. The quantitative estimate of drug-likeness (QED) is 0.738. The first-order valence-corrected chi connectivity index (χ1v) is 6.43. The summed E-state index contributed by atoms with van der Waals surface area (Å²) in [6, 6.07) is 0. The zero-order valence-corrected chi connectivity index (χ0v) is 9.87. The predicted molar refractivity (Wildman–Crippen MR) is 62.1 cm³/mol. The van der Waals surface area contributed by atoms with Crippen LogP contribution in [0.25, 0.3) is 0 Å². The molecule has 2 rings (SSSR count). The van der Waals surface area contributed by atoms with Crippen molar-refractivity contribution in [2.75, 3.05) is 39.3 Å². The minimum absolute atomic E-state index is 0.494. The number of likely N-dealkylation sites (tertiary alicyclic amines) is 1. The maximum Gasteiger partial charge on any atom is 0.0700 e. The highest BCUT2D eigenvalue weighted by Crippen LogP contribution is 2.15. The number of hydrogen-bond donors (Lipinski definition) is 1. The van der Waals surface area contributed by atoms with Crippen LogP contribution in [-0.4, -0.2) is 50.3 Å². The molecular weight excluding hydrogens is 188 g/mol. The molecule has 2 heterocycles. The van der Waals surface area contributed by atoms with E-state index in [4.69, 9.17) is 4.74 Å². The van der Waals surface area contributed by atoms with E-state index in [0.29, 0.717) is 6.10 Å². The fourth-order valence-corrected chi connectivity index (χ4v) is 2.62. The molecule has 0 aromatic carbocycles. The summed E-state index contributed by atoms with van der Waals surface area (Å²) >= 11 is 0. The molecule has 3 heteroatoms. The molecule has 0 bridgehead atoms. The third-order valence-corrected chi connectivity index (χ3v) is 3.65. The smallest absolute Gasteiger partial charge is 0.0700 e. The van der Waals surface area contributed by atoms with Crippen LogP contribution in [0.3, 0.4) is 0 Å². The van der Waals surface area contributed by atoms with Gasteiger partial charge in [0.15, 0.2) is 0 Å². The van der Waals surface area contributed by atoms with Crippen molar-refractivity contribution in [3.63, 3.8) is 0 Å². The highest BCUT2D eigenvalue weighted by Gasteiger charge is 2.21. The Morgan fingerprint density at radius 3 is 2.93 bits per heavy atom. The van der Waals surface area contributed by atoms with E-state index in [0.717, 1.165) is 19.1 Å². The lowest BCUT2D eigenvalue weighted by molar-refractivity contribution is 0.109. The summed E-state index contributed by atoms with van der Waals surface area (Å²) in [6.07, 6.45) is 4.36. The standard InChI is InChI=1S/C12H24N2O/c1-2-14-6-5-11(10-14)8-13-9-12-4-3-7-15-12/h11-13H,2-10H2,1H3.